The molecule has 2 fully saturated rings. The Morgan fingerprint density at radius 2 is 1.70 bits per heavy atom. The lowest BCUT2D eigenvalue weighted by atomic mass is 9.85. The predicted octanol–water partition coefficient (Wildman–Crippen LogP) is 0.576. The number of amides is 3. The average molecular weight is 493 g/mol. The molecule has 0 aromatic heterocycles. The lowest BCUT2D eigenvalue weighted by Crippen LogP contribution is -2.49. The van der Waals surface area contributed by atoms with Crippen molar-refractivity contribution in [2.24, 2.45) is 17.1 Å². The zero-order chi connectivity index (χ0) is 24.6. The maximum atomic E-state index is 12.6. The Kier molecular flexibility index (Phi) is 9.88. The molecule has 1 heterocycles. The first kappa shape index (κ1) is 27.3. The number of nitrogens with two attached hydrogens (primary N) is 1. The van der Waals surface area contributed by atoms with Gasteiger partial charge in [-0.05, 0) is 72.4 Å². The Balaban J connectivity index is 1.88. The number of primary amides is 1. The van der Waals surface area contributed by atoms with Gasteiger partial charge in [-0.15, -0.1) is 4.28 Å². The van der Waals surface area contributed by atoms with E-state index < -0.39 is 40.5 Å². The molecule has 1 saturated carbocycles. The lowest BCUT2D eigenvalue weighted by Gasteiger charge is -2.34. The summed E-state index contributed by atoms with van der Waals surface area (Å²) < 4.78 is 39.1. The van der Waals surface area contributed by atoms with Gasteiger partial charge in [0, 0.05) is 12.0 Å². The van der Waals surface area contributed by atoms with E-state index in [1.807, 2.05) is 0 Å². The number of hydrogen-bond donors (Lipinski definition) is 3. The fourth-order valence-corrected chi connectivity index (χ4v) is 4.73. The molecule has 0 bridgehead atoms. The molecule has 0 atom stereocenters. The number of urea groups is 1. The number of ether oxygens (including phenoxy) is 1. The van der Waals surface area contributed by atoms with Gasteiger partial charge in [-0.1, -0.05) is 0 Å². The van der Waals surface area contributed by atoms with Gasteiger partial charge in [0.15, 0.2) is 0 Å². The Labute approximate surface area is 195 Å². The van der Waals surface area contributed by atoms with Crippen LogP contribution in [0.3, 0.4) is 0 Å². The summed E-state index contributed by atoms with van der Waals surface area (Å²) in [6.45, 7) is 5.90. The molecule has 0 aromatic rings. The number of nitrogens with one attached hydrogen (secondary N) is 2. The first-order valence-corrected chi connectivity index (χ1v) is 12.6. The molecular formula is C20H36N4O8S. The van der Waals surface area contributed by atoms with E-state index in [9.17, 15) is 22.8 Å². The Morgan fingerprint density at radius 3 is 2.24 bits per heavy atom. The highest BCUT2D eigenvalue weighted by Crippen LogP contribution is 2.29. The second kappa shape index (κ2) is 12.0. The third-order valence-corrected chi connectivity index (χ3v) is 6.62. The molecule has 0 aromatic carbocycles. The molecule has 190 valence electrons. The van der Waals surface area contributed by atoms with Crippen LogP contribution in [0.4, 0.5) is 4.79 Å². The molecule has 1 aliphatic carbocycles. The van der Waals surface area contributed by atoms with Gasteiger partial charge in [0.1, 0.15) is 0 Å². The summed E-state index contributed by atoms with van der Waals surface area (Å²) in [5.74, 6) is -0.874. The van der Waals surface area contributed by atoms with Crippen molar-refractivity contribution in [1.82, 2.24) is 15.7 Å². The van der Waals surface area contributed by atoms with Crippen LogP contribution in [0.2, 0.25) is 0 Å². The van der Waals surface area contributed by atoms with Crippen LogP contribution in [-0.4, -0.2) is 69.8 Å². The van der Waals surface area contributed by atoms with Crippen molar-refractivity contribution < 1.29 is 36.0 Å². The summed E-state index contributed by atoms with van der Waals surface area (Å²) in [6, 6.07) is -1.56. The maximum Gasteiger partial charge on any atom is 0.421 e. The summed E-state index contributed by atoms with van der Waals surface area (Å²) in [4.78, 5) is 36.4. The molecular weight excluding hydrogens is 456 g/mol. The topological polar surface area (TPSA) is 166 Å². The maximum absolute atomic E-state index is 12.6. The van der Waals surface area contributed by atoms with Crippen LogP contribution >= 0.6 is 0 Å². The second-order valence-electron chi connectivity index (χ2n) is 9.05. The zero-order valence-electron chi connectivity index (χ0n) is 19.5. The van der Waals surface area contributed by atoms with E-state index in [1.54, 1.807) is 6.92 Å². The second-order valence-corrected chi connectivity index (χ2v) is 10.3. The molecule has 1 aliphatic heterocycles. The smallest absolute Gasteiger partial charge is 0.421 e. The normalized spacial score (nSPS) is 22.4. The number of hydroxylamine groups is 2. The molecule has 0 spiro atoms. The van der Waals surface area contributed by atoms with Crippen molar-refractivity contribution >= 4 is 28.3 Å². The van der Waals surface area contributed by atoms with Crippen molar-refractivity contribution in [2.45, 2.75) is 71.4 Å². The largest absolute Gasteiger partial charge is 0.466 e. The van der Waals surface area contributed by atoms with Gasteiger partial charge < -0.3 is 21.1 Å². The number of piperidine rings is 1. The molecule has 13 heteroatoms. The van der Waals surface area contributed by atoms with Crippen molar-refractivity contribution in [3.05, 3.63) is 0 Å². The summed E-state index contributed by atoms with van der Waals surface area (Å²) in [6.07, 6.45) is 3.38. The van der Waals surface area contributed by atoms with E-state index in [1.165, 1.54) is 13.8 Å². The molecule has 4 N–H and O–H groups in total. The van der Waals surface area contributed by atoms with Crippen LogP contribution in [0.15, 0.2) is 0 Å². The van der Waals surface area contributed by atoms with Gasteiger partial charge >= 0.3 is 22.4 Å². The number of nitrogens with zero attached hydrogens (tertiary/aromatic N) is 1. The first-order valence-electron chi connectivity index (χ1n) is 11.3. The van der Waals surface area contributed by atoms with Gasteiger partial charge in [0.05, 0.1) is 24.7 Å². The third kappa shape index (κ3) is 8.40. The fraction of sp³-hybridized carbons (Fsp3) is 0.850. The number of esters is 1. The van der Waals surface area contributed by atoms with E-state index >= 15 is 0 Å². The monoisotopic (exact) mass is 492 g/mol. The third-order valence-electron chi connectivity index (χ3n) is 5.87. The van der Waals surface area contributed by atoms with Crippen LogP contribution in [0.1, 0.15) is 59.3 Å². The zero-order valence-corrected chi connectivity index (χ0v) is 20.3. The Bertz CT molecular complexity index is 790. The Morgan fingerprint density at radius 1 is 1.09 bits per heavy atom. The van der Waals surface area contributed by atoms with Crippen LogP contribution in [0, 0.1) is 11.3 Å². The van der Waals surface area contributed by atoms with E-state index in [0.717, 1.165) is 25.9 Å². The van der Waals surface area contributed by atoms with Crippen LogP contribution in [-0.2, 0) is 33.2 Å². The van der Waals surface area contributed by atoms with E-state index in [-0.39, 0.29) is 24.5 Å². The van der Waals surface area contributed by atoms with Crippen molar-refractivity contribution in [3.63, 3.8) is 0 Å². The molecule has 33 heavy (non-hydrogen) atoms. The van der Waals surface area contributed by atoms with Crippen molar-refractivity contribution in [3.8, 4) is 0 Å². The molecule has 12 nitrogen and oxygen atoms in total. The molecule has 0 radical (unpaired) electrons. The summed E-state index contributed by atoms with van der Waals surface area (Å²) in [7, 11) is -4.67. The summed E-state index contributed by atoms with van der Waals surface area (Å²) in [5.41, 5.74) is 4.10. The Hall–Kier alpha value is -1.96. The van der Waals surface area contributed by atoms with E-state index in [2.05, 4.69) is 10.6 Å². The number of rotatable bonds is 10. The standard InChI is InChI=1S/C20H36N4O8S/c1-4-30-18(26)20(2,3)13-31-33(28,29)32-24(19(21)27)16-7-5-14(6-8-16)17(25)23-15-9-11-22-12-10-15/h14-16,22H,4-13H2,1-3H3,(H2,21,27)(H,23,25). The SMILES string of the molecule is CCOC(=O)C(C)(C)COS(=O)(=O)ON(C(N)=O)C1CCC(C(=O)NC2CCNCC2)CC1. The summed E-state index contributed by atoms with van der Waals surface area (Å²) in [5, 5.41) is 6.90. The van der Waals surface area contributed by atoms with Crippen LogP contribution in [0.5, 0.6) is 0 Å². The number of carbonyl (C=O) groups is 3. The molecule has 1 saturated heterocycles. The lowest BCUT2D eigenvalue weighted by molar-refractivity contribution is -0.155. The van der Waals surface area contributed by atoms with Gasteiger partial charge in [0.2, 0.25) is 5.91 Å². The van der Waals surface area contributed by atoms with Gasteiger partial charge in [-0.2, -0.15) is 13.5 Å². The molecule has 2 aliphatic rings. The van der Waals surface area contributed by atoms with E-state index in [4.69, 9.17) is 18.9 Å². The molecule has 2 rings (SSSR count). The van der Waals surface area contributed by atoms with Crippen LogP contribution in [0.25, 0.3) is 0 Å². The predicted molar refractivity (Wildman–Crippen MR) is 118 cm³/mol. The number of carbonyl (C=O) groups excluding carboxylic acids is 3. The highest BCUT2D eigenvalue weighted by atomic mass is 32.3. The van der Waals surface area contributed by atoms with Gasteiger partial charge in [-0.3, -0.25) is 9.59 Å². The van der Waals surface area contributed by atoms with Crippen molar-refractivity contribution in [1.29, 1.82) is 0 Å². The quantitative estimate of drug-likeness (QED) is 0.292. The highest BCUT2D eigenvalue weighted by molar-refractivity contribution is 7.81. The first-order chi connectivity index (χ1) is 15.4. The minimum Gasteiger partial charge on any atom is -0.466 e. The molecule has 0 unspecified atom stereocenters. The minimum absolute atomic E-state index is 0.0240. The number of hydrogen-bond acceptors (Lipinski definition) is 9. The van der Waals surface area contributed by atoms with Gasteiger partial charge in [-0.25, -0.2) is 8.98 Å². The van der Waals surface area contributed by atoms with E-state index in [0.29, 0.717) is 30.7 Å². The highest BCUT2D eigenvalue weighted by Gasteiger charge is 2.37. The molecule has 3 amide bonds. The van der Waals surface area contributed by atoms with Crippen molar-refractivity contribution in [2.75, 3.05) is 26.3 Å². The van der Waals surface area contributed by atoms with Gasteiger partial charge in [0.25, 0.3) is 0 Å². The fourth-order valence-electron chi connectivity index (χ4n) is 3.86. The average Bonchev–Trinajstić information content (AvgIpc) is 2.77. The van der Waals surface area contributed by atoms with Crippen LogP contribution < -0.4 is 16.4 Å². The summed E-state index contributed by atoms with van der Waals surface area (Å²) >= 11 is 0. The minimum atomic E-state index is -4.67.